The second kappa shape index (κ2) is 4.26. The molecule has 0 aromatic heterocycles. The van der Waals surface area contributed by atoms with E-state index in [1.807, 2.05) is 0 Å². The van der Waals surface area contributed by atoms with Crippen molar-refractivity contribution in [1.82, 2.24) is 0 Å². The number of amidine groups is 1. The highest BCUT2D eigenvalue weighted by molar-refractivity contribution is 6.30. The van der Waals surface area contributed by atoms with Crippen LogP contribution in [0.25, 0.3) is 0 Å². The minimum atomic E-state index is -2.02. The van der Waals surface area contributed by atoms with E-state index < -0.39 is 17.2 Å². The Morgan fingerprint density at radius 1 is 1.10 bits per heavy atom. The Kier molecular flexibility index (Phi) is 2.77. The van der Waals surface area contributed by atoms with E-state index >= 15 is 0 Å². The van der Waals surface area contributed by atoms with Crippen LogP contribution in [0, 0.1) is 11.6 Å². The molecule has 0 radical (unpaired) electrons. The van der Waals surface area contributed by atoms with Gasteiger partial charge in [-0.25, -0.2) is 13.8 Å². The van der Waals surface area contributed by atoms with Crippen molar-refractivity contribution < 1.29 is 13.9 Å². The molecule has 102 valence electrons. The largest absolute Gasteiger partial charge is 0.384 e. The number of hydrogen-bond donors (Lipinski definition) is 2. The van der Waals surface area contributed by atoms with Crippen LogP contribution in [0.2, 0.25) is 5.02 Å². The molecular formula is C14H9ClF2N2O. The van der Waals surface area contributed by atoms with Gasteiger partial charge in [0.15, 0.2) is 5.60 Å². The Balaban J connectivity index is 2.30. The van der Waals surface area contributed by atoms with Gasteiger partial charge < -0.3 is 10.8 Å². The van der Waals surface area contributed by atoms with Gasteiger partial charge in [-0.05, 0) is 36.4 Å². The first-order chi connectivity index (χ1) is 9.42. The third-order valence-corrected chi connectivity index (χ3v) is 3.51. The minimum absolute atomic E-state index is 0.223. The van der Waals surface area contributed by atoms with Gasteiger partial charge in [0.05, 0.1) is 5.69 Å². The minimum Gasteiger partial charge on any atom is -0.384 e. The molecule has 3 nitrogen and oxygen atoms in total. The topological polar surface area (TPSA) is 58.6 Å². The number of nitrogens with zero attached hydrogens (tertiary/aromatic N) is 1. The number of aliphatic hydroxyl groups is 1. The van der Waals surface area contributed by atoms with E-state index in [0.717, 1.165) is 18.2 Å². The summed E-state index contributed by atoms with van der Waals surface area (Å²) in [5.41, 5.74) is 4.02. The van der Waals surface area contributed by atoms with Gasteiger partial charge in [0, 0.05) is 16.1 Å². The Morgan fingerprint density at radius 2 is 1.85 bits per heavy atom. The lowest BCUT2D eigenvalue weighted by atomic mass is 9.86. The standard InChI is InChI=1S/C14H9ClF2N2O/c15-7-1-4-12-10(5-7)14(20,13(18)19-12)9-6-8(16)2-3-11(9)17/h1-6,20H,(H2,18,19). The van der Waals surface area contributed by atoms with E-state index in [1.165, 1.54) is 6.07 Å². The summed E-state index contributed by atoms with van der Waals surface area (Å²) in [6.07, 6.45) is 0. The average Bonchev–Trinajstić information content (AvgIpc) is 2.66. The average molecular weight is 295 g/mol. The third kappa shape index (κ3) is 1.71. The van der Waals surface area contributed by atoms with Gasteiger partial charge in [0.1, 0.15) is 17.5 Å². The highest BCUT2D eigenvalue weighted by atomic mass is 35.5. The van der Waals surface area contributed by atoms with Crippen molar-refractivity contribution in [1.29, 1.82) is 0 Å². The zero-order valence-electron chi connectivity index (χ0n) is 10.1. The highest BCUT2D eigenvalue weighted by Crippen LogP contribution is 2.43. The molecule has 1 atom stereocenters. The summed E-state index contributed by atoms with van der Waals surface area (Å²) >= 11 is 5.89. The van der Waals surface area contributed by atoms with Crippen molar-refractivity contribution in [2.45, 2.75) is 5.60 Å². The second-order valence-electron chi connectivity index (χ2n) is 4.49. The van der Waals surface area contributed by atoms with Crippen LogP contribution in [0.3, 0.4) is 0 Å². The van der Waals surface area contributed by atoms with E-state index in [0.29, 0.717) is 10.7 Å². The maximum absolute atomic E-state index is 14.0. The molecule has 0 fully saturated rings. The first-order valence-corrected chi connectivity index (χ1v) is 6.13. The number of aliphatic imine (C=N–C) groups is 1. The summed E-state index contributed by atoms with van der Waals surface area (Å²) in [5.74, 6) is -1.68. The van der Waals surface area contributed by atoms with Crippen LogP contribution in [0.5, 0.6) is 0 Å². The molecule has 1 unspecified atom stereocenters. The molecule has 0 bridgehead atoms. The molecule has 6 heteroatoms. The van der Waals surface area contributed by atoms with Crippen molar-refractivity contribution >= 4 is 23.1 Å². The van der Waals surface area contributed by atoms with Gasteiger partial charge in [0.25, 0.3) is 0 Å². The second-order valence-corrected chi connectivity index (χ2v) is 4.93. The van der Waals surface area contributed by atoms with Gasteiger partial charge >= 0.3 is 0 Å². The smallest absolute Gasteiger partial charge is 0.177 e. The molecule has 3 rings (SSSR count). The number of hydrogen-bond acceptors (Lipinski definition) is 3. The molecule has 0 saturated heterocycles. The van der Waals surface area contributed by atoms with Crippen LogP contribution >= 0.6 is 11.6 Å². The summed E-state index contributed by atoms with van der Waals surface area (Å²) in [6.45, 7) is 0. The van der Waals surface area contributed by atoms with Crippen LogP contribution in [-0.4, -0.2) is 10.9 Å². The Bertz CT molecular complexity index is 748. The first-order valence-electron chi connectivity index (χ1n) is 5.75. The maximum Gasteiger partial charge on any atom is 0.177 e. The summed E-state index contributed by atoms with van der Waals surface area (Å²) in [7, 11) is 0. The van der Waals surface area contributed by atoms with Crippen LogP contribution in [0.4, 0.5) is 14.5 Å². The molecule has 3 N–H and O–H groups in total. The zero-order valence-corrected chi connectivity index (χ0v) is 10.8. The molecule has 1 aliphatic heterocycles. The van der Waals surface area contributed by atoms with Crippen molar-refractivity contribution in [2.75, 3.05) is 0 Å². The van der Waals surface area contributed by atoms with Crippen molar-refractivity contribution in [3.63, 3.8) is 0 Å². The Morgan fingerprint density at radius 3 is 2.60 bits per heavy atom. The lowest BCUT2D eigenvalue weighted by molar-refractivity contribution is 0.153. The third-order valence-electron chi connectivity index (χ3n) is 3.28. The molecule has 0 aliphatic carbocycles. The van der Waals surface area contributed by atoms with Gasteiger partial charge in [0.2, 0.25) is 0 Å². The van der Waals surface area contributed by atoms with Gasteiger partial charge in [-0.15, -0.1) is 0 Å². The van der Waals surface area contributed by atoms with E-state index in [4.69, 9.17) is 17.3 Å². The van der Waals surface area contributed by atoms with Crippen LogP contribution in [0.1, 0.15) is 11.1 Å². The van der Waals surface area contributed by atoms with Crippen molar-refractivity contribution in [3.05, 3.63) is 64.2 Å². The SMILES string of the molecule is NC1=Nc2ccc(Cl)cc2C1(O)c1cc(F)ccc1F. The molecule has 20 heavy (non-hydrogen) atoms. The molecule has 2 aromatic carbocycles. The number of halogens is 3. The summed E-state index contributed by atoms with van der Waals surface area (Å²) in [4.78, 5) is 3.99. The predicted octanol–water partition coefficient (Wildman–Crippen LogP) is 2.86. The lowest BCUT2D eigenvalue weighted by Gasteiger charge is -2.25. The molecular weight excluding hydrogens is 286 g/mol. The molecule has 1 heterocycles. The molecule has 0 amide bonds. The van der Waals surface area contributed by atoms with Gasteiger partial charge in [-0.1, -0.05) is 11.6 Å². The Hall–Kier alpha value is -1.98. The quantitative estimate of drug-likeness (QED) is 0.849. The van der Waals surface area contributed by atoms with Crippen molar-refractivity contribution in [3.8, 4) is 0 Å². The maximum atomic E-state index is 14.0. The fraction of sp³-hybridized carbons (Fsp3) is 0.0714. The normalized spacial score (nSPS) is 20.7. The Labute approximate surface area is 118 Å². The van der Waals surface area contributed by atoms with Crippen LogP contribution < -0.4 is 5.73 Å². The molecule has 0 saturated carbocycles. The van der Waals surface area contributed by atoms with E-state index in [9.17, 15) is 13.9 Å². The summed E-state index contributed by atoms with van der Waals surface area (Å²) < 4.78 is 27.3. The fourth-order valence-electron chi connectivity index (χ4n) is 2.30. The van der Waals surface area contributed by atoms with Crippen LogP contribution in [0.15, 0.2) is 41.4 Å². The highest BCUT2D eigenvalue weighted by Gasteiger charge is 2.44. The van der Waals surface area contributed by atoms with E-state index in [2.05, 4.69) is 4.99 Å². The predicted molar refractivity (Wildman–Crippen MR) is 72.1 cm³/mol. The summed E-state index contributed by atoms with van der Waals surface area (Å²) in [6, 6.07) is 7.35. The number of nitrogens with two attached hydrogens (primary N) is 1. The van der Waals surface area contributed by atoms with E-state index in [-0.39, 0.29) is 17.0 Å². The number of fused-ring (bicyclic) bond motifs is 1. The zero-order chi connectivity index (χ0) is 14.5. The fourth-order valence-corrected chi connectivity index (χ4v) is 2.47. The number of rotatable bonds is 1. The monoisotopic (exact) mass is 294 g/mol. The first kappa shape index (κ1) is 13.0. The van der Waals surface area contributed by atoms with Crippen LogP contribution in [-0.2, 0) is 5.60 Å². The molecule has 0 spiro atoms. The molecule has 1 aliphatic rings. The van der Waals surface area contributed by atoms with E-state index in [1.54, 1.807) is 12.1 Å². The molecule has 2 aromatic rings. The van der Waals surface area contributed by atoms with Gasteiger partial charge in [-0.2, -0.15) is 0 Å². The number of benzene rings is 2. The lowest BCUT2D eigenvalue weighted by Crippen LogP contribution is -2.40. The summed E-state index contributed by atoms with van der Waals surface area (Å²) in [5, 5.41) is 11.1. The van der Waals surface area contributed by atoms with Gasteiger partial charge in [-0.3, -0.25) is 0 Å². The van der Waals surface area contributed by atoms with Crippen molar-refractivity contribution in [2.24, 2.45) is 10.7 Å².